The molecule has 1 fully saturated rings. The van der Waals surface area contributed by atoms with Crippen LogP contribution in [0.2, 0.25) is 0 Å². The van der Waals surface area contributed by atoms with Crippen LogP contribution in [0.15, 0.2) is 24.9 Å². The Hall–Kier alpha value is -1.98. The van der Waals surface area contributed by atoms with Crippen molar-refractivity contribution < 1.29 is 0 Å². The van der Waals surface area contributed by atoms with Gasteiger partial charge in [-0.2, -0.15) is 0 Å². The molecule has 1 saturated heterocycles. The maximum absolute atomic E-state index is 4.40. The Kier molecular flexibility index (Phi) is 2.92. The lowest BCUT2D eigenvalue weighted by atomic mass is 10.0. The summed E-state index contributed by atoms with van der Waals surface area (Å²) in [6.45, 7) is 0.996. The van der Waals surface area contributed by atoms with Crippen LogP contribution in [-0.4, -0.2) is 31.3 Å². The molecule has 0 spiro atoms. The van der Waals surface area contributed by atoms with Crippen molar-refractivity contribution in [2.24, 2.45) is 7.05 Å². The summed E-state index contributed by atoms with van der Waals surface area (Å²) in [5.41, 5.74) is 0. The lowest BCUT2D eigenvalue weighted by molar-refractivity contribution is 0.443. The van der Waals surface area contributed by atoms with Crippen molar-refractivity contribution in [3.8, 4) is 0 Å². The van der Waals surface area contributed by atoms with Crippen molar-refractivity contribution in [1.29, 1.82) is 0 Å². The Balaban J connectivity index is 1.94. The Morgan fingerprint density at radius 3 is 2.94 bits per heavy atom. The predicted octanol–water partition coefficient (Wildman–Crippen LogP) is 1.34. The molecule has 18 heavy (non-hydrogen) atoms. The normalized spacial score (nSPS) is 20.1. The predicted molar refractivity (Wildman–Crippen MR) is 67.0 cm³/mol. The maximum Gasteiger partial charge on any atom is 0.155 e. The zero-order chi connectivity index (χ0) is 12.4. The van der Waals surface area contributed by atoms with Crippen LogP contribution in [0, 0.1) is 0 Å². The van der Waals surface area contributed by atoms with E-state index in [-0.39, 0.29) is 6.04 Å². The van der Waals surface area contributed by atoms with Gasteiger partial charge in [0.1, 0.15) is 12.1 Å². The molecule has 6 nitrogen and oxygen atoms in total. The van der Waals surface area contributed by atoms with Crippen molar-refractivity contribution in [3.63, 3.8) is 0 Å². The fourth-order valence-electron chi connectivity index (χ4n) is 2.51. The first-order chi connectivity index (χ1) is 8.86. The molecule has 0 unspecified atom stereocenters. The summed E-state index contributed by atoms with van der Waals surface area (Å²) in [6, 6.07) is 0.253. The molecule has 2 aromatic rings. The van der Waals surface area contributed by atoms with Gasteiger partial charge in [-0.25, -0.2) is 4.98 Å². The van der Waals surface area contributed by atoms with Crippen LogP contribution < -0.4 is 4.90 Å². The molecule has 0 radical (unpaired) electrons. The minimum atomic E-state index is 0.253. The molecule has 94 valence electrons. The monoisotopic (exact) mass is 244 g/mol. The molecule has 3 heterocycles. The van der Waals surface area contributed by atoms with E-state index in [0.717, 1.165) is 24.6 Å². The average Bonchev–Trinajstić information content (AvgIpc) is 2.86. The van der Waals surface area contributed by atoms with E-state index in [1.54, 1.807) is 18.7 Å². The van der Waals surface area contributed by atoms with Gasteiger partial charge in [0.15, 0.2) is 5.82 Å². The van der Waals surface area contributed by atoms with Crippen molar-refractivity contribution in [2.45, 2.75) is 25.3 Å². The Morgan fingerprint density at radius 2 is 2.22 bits per heavy atom. The van der Waals surface area contributed by atoms with Crippen LogP contribution in [-0.2, 0) is 7.05 Å². The van der Waals surface area contributed by atoms with Gasteiger partial charge in [-0.05, 0) is 19.3 Å². The van der Waals surface area contributed by atoms with E-state index in [1.807, 2.05) is 17.8 Å². The van der Waals surface area contributed by atoms with Gasteiger partial charge in [-0.3, -0.25) is 4.98 Å². The molecule has 3 rings (SSSR count). The highest BCUT2D eigenvalue weighted by Gasteiger charge is 2.28. The molecule has 1 aliphatic heterocycles. The first-order valence-electron chi connectivity index (χ1n) is 6.23. The van der Waals surface area contributed by atoms with Gasteiger partial charge in [-0.15, -0.1) is 10.2 Å². The van der Waals surface area contributed by atoms with Gasteiger partial charge in [-0.1, -0.05) is 0 Å². The Labute approximate surface area is 106 Å². The smallest absolute Gasteiger partial charge is 0.155 e. The number of anilines is 1. The van der Waals surface area contributed by atoms with Gasteiger partial charge >= 0.3 is 0 Å². The number of hydrogen-bond donors (Lipinski definition) is 0. The second-order valence-electron chi connectivity index (χ2n) is 4.57. The van der Waals surface area contributed by atoms with Crippen LogP contribution in [0.3, 0.4) is 0 Å². The molecule has 0 aliphatic carbocycles. The summed E-state index contributed by atoms with van der Waals surface area (Å²) in [4.78, 5) is 10.8. The number of aryl methyl sites for hydroxylation is 1. The van der Waals surface area contributed by atoms with Crippen LogP contribution in [0.4, 0.5) is 5.82 Å². The summed E-state index contributed by atoms with van der Waals surface area (Å²) in [5.74, 6) is 1.92. The minimum Gasteiger partial charge on any atom is -0.345 e. The lowest BCUT2D eigenvalue weighted by Gasteiger charge is -2.35. The summed E-state index contributed by atoms with van der Waals surface area (Å²) in [7, 11) is 1.98. The molecule has 2 aromatic heterocycles. The average molecular weight is 244 g/mol. The molecule has 1 aliphatic rings. The SMILES string of the molecule is Cn1cnnc1[C@@H]1CCCCN1c1cnccn1. The number of hydrogen-bond acceptors (Lipinski definition) is 5. The molecule has 0 saturated carbocycles. The molecule has 6 heteroatoms. The van der Waals surface area contributed by atoms with E-state index in [2.05, 4.69) is 25.1 Å². The third kappa shape index (κ3) is 1.94. The lowest BCUT2D eigenvalue weighted by Crippen LogP contribution is -2.35. The maximum atomic E-state index is 4.40. The Morgan fingerprint density at radius 1 is 1.28 bits per heavy atom. The van der Waals surface area contributed by atoms with Gasteiger partial charge < -0.3 is 9.47 Å². The number of rotatable bonds is 2. The van der Waals surface area contributed by atoms with E-state index < -0.39 is 0 Å². The first kappa shape index (κ1) is 11.1. The zero-order valence-corrected chi connectivity index (χ0v) is 10.4. The summed E-state index contributed by atoms with van der Waals surface area (Å²) >= 11 is 0. The van der Waals surface area contributed by atoms with Crippen LogP contribution >= 0.6 is 0 Å². The van der Waals surface area contributed by atoms with E-state index in [9.17, 15) is 0 Å². The molecule has 1 atom stereocenters. The third-order valence-corrected chi connectivity index (χ3v) is 3.39. The third-order valence-electron chi connectivity index (χ3n) is 3.39. The van der Waals surface area contributed by atoms with E-state index in [4.69, 9.17) is 0 Å². The molecule has 0 N–H and O–H groups in total. The summed E-state index contributed by atoms with van der Waals surface area (Å²) < 4.78 is 1.99. The number of aromatic nitrogens is 5. The van der Waals surface area contributed by atoms with Crippen molar-refractivity contribution in [3.05, 3.63) is 30.7 Å². The van der Waals surface area contributed by atoms with Crippen LogP contribution in [0.1, 0.15) is 31.1 Å². The number of nitrogens with zero attached hydrogens (tertiary/aromatic N) is 6. The zero-order valence-electron chi connectivity index (χ0n) is 10.4. The van der Waals surface area contributed by atoms with Gasteiger partial charge in [0.2, 0.25) is 0 Å². The quantitative estimate of drug-likeness (QED) is 0.797. The highest BCUT2D eigenvalue weighted by molar-refractivity contribution is 5.38. The minimum absolute atomic E-state index is 0.253. The van der Waals surface area contributed by atoms with E-state index in [0.29, 0.717) is 0 Å². The van der Waals surface area contributed by atoms with Crippen molar-refractivity contribution >= 4 is 5.82 Å². The van der Waals surface area contributed by atoms with Crippen molar-refractivity contribution in [1.82, 2.24) is 24.7 Å². The fourth-order valence-corrected chi connectivity index (χ4v) is 2.51. The largest absolute Gasteiger partial charge is 0.345 e. The second kappa shape index (κ2) is 4.72. The first-order valence-corrected chi connectivity index (χ1v) is 6.23. The molecule has 0 aromatic carbocycles. The van der Waals surface area contributed by atoms with Gasteiger partial charge in [0.25, 0.3) is 0 Å². The van der Waals surface area contributed by atoms with Gasteiger partial charge in [0.05, 0.1) is 12.2 Å². The highest BCUT2D eigenvalue weighted by Crippen LogP contribution is 2.32. The topological polar surface area (TPSA) is 59.7 Å². The fraction of sp³-hybridized carbons (Fsp3) is 0.500. The van der Waals surface area contributed by atoms with Crippen LogP contribution in [0.25, 0.3) is 0 Å². The summed E-state index contributed by atoms with van der Waals surface area (Å²) in [6.07, 6.45) is 10.5. The van der Waals surface area contributed by atoms with E-state index in [1.165, 1.54) is 12.8 Å². The standard InChI is InChI=1S/C12H16N6/c1-17-9-15-16-12(17)10-4-2-3-7-18(10)11-8-13-5-6-14-11/h5-6,8-10H,2-4,7H2,1H3/t10-/m0/s1. The summed E-state index contributed by atoms with van der Waals surface area (Å²) in [5, 5.41) is 8.21. The number of piperidine rings is 1. The molecular weight excluding hydrogens is 228 g/mol. The second-order valence-corrected chi connectivity index (χ2v) is 4.57. The molecule has 0 amide bonds. The molecular formula is C12H16N6. The van der Waals surface area contributed by atoms with Crippen molar-refractivity contribution in [2.75, 3.05) is 11.4 Å². The highest BCUT2D eigenvalue weighted by atomic mass is 15.3. The van der Waals surface area contributed by atoms with Gasteiger partial charge in [0, 0.05) is 26.0 Å². The van der Waals surface area contributed by atoms with Crippen LogP contribution in [0.5, 0.6) is 0 Å². The Bertz CT molecular complexity index is 508. The van der Waals surface area contributed by atoms with E-state index >= 15 is 0 Å². The molecule has 0 bridgehead atoms.